The fraction of sp³-hybridized carbons (Fsp3) is 0.412. The molecule has 3 aromatic rings. The molecule has 42 heavy (non-hydrogen) atoms. The van der Waals surface area contributed by atoms with Crippen molar-refractivity contribution in [2.75, 3.05) is 25.2 Å². The van der Waals surface area contributed by atoms with Crippen molar-refractivity contribution in [2.24, 2.45) is 5.92 Å². The Morgan fingerprint density at radius 1 is 1.05 bits per heavy atom. The molecule has 5 atom stereocenters. The Bertz CT molecular complexity index is 1460. The van der Waals surface area contributed by atoms with Crippen LogP contribution in [-0.2, 0) is 19.9 Å². The highest BCUT2D eigenvalue weighted by Crippen LogP contribution is 2.61. The number of likely N-dealkylation sites (tertiary alicyclic amines) is 1. The van der Waals surface area contributed by atoms with E-state index in [2.05, 4.69) is 32.2 Å². The Kier molecular flexibility index (Phi) is 7.49. The van der Waals surface area contributed by atoms with Gasteiger partial charge in [0, 0.05) is 23.7 Å². The molecule has 0 aliphatic carbocycles. The van der Waals surface area contributed by atoms with Crippen LogP contribution in [0.25, 0.3) is 0 Å². The van der Waals surface area contributed by atoms with E-state index in [1.54, 1.807) is 12.0 Å². The van der Waals surface area contributed by atoms with Gasteiger partial charge in [0.1, 0.15) is 5.75 Å². The van der Waals surface area contributed by atoms with Gasteiger partial charge in [-0.05, 0) is 48.7 Å². The zero-order valence-electron chi connectivity index (χ0n) is 24.8. The van der Waals surface area contributed by atoms with Crippen LogP contribution in [0.5, 0.6) is 5.75 Å². The minimum Gasteiger partial charge on any atom is -0.497 e. The lowest BCUT2D eigenvalue weighted by Crippen LogP contribution is -2.52. The van der Waals surface area contributed by atoms with Gasteiger partial charge in [-0.25, -0.2) is 0 Å². The van der Waals surface area contributed by atoms with Gasteiger partial charge in [-0.15, -0.1) is 0 Å². The number of hydrogen-bond acceptors (Lipinski definition) is 5. The van der Waals surface area contributed by atoms with Crippen LogP contribution in [-0.4, -0.2) is 62.3 Å². The molecule has 2 fully saturated rings. The number of carbonyl (C=O) groups is 2. The number of anilines is 2. The minimum atomic E-state index is -2.36. The molecule has 0 bridgehead atoms. The van der Waals surface area contributed by atoms with E-state index in [0.717, 1.165) is 35.5 Å². The van der Waals surface area contributed by atoms with Crippen LogP contribution in [0.1, 0.15) is 31.7 Å². The van der Waals surface area contributed by atoms with E-state index in [0.29, 0.717) is 6.54 Å². The molecule has 3 aliphatic heterocycles. The van der Waals surface area contributed by atoms with Gasteiger partial charge in [-0.2, -0.15) is 0 Å². The summed E-state index contributed by atoms with van der Waals surface area (Å²) in [5, 5.41) is 11.2. The molecule has 3 heterocycles. The van der Waals surface area contributed by atoms with Crippen molar-refractivity contribution >= 4 is 36.4 Å². The lowest BCUT2D eigenvalue weighted by atomic mass is 9.82. The molecule has 8 heteroatoms. The molecule has 0 unspecified atom stereocenters. The second kappa shape index (κ2) is 11.0. The van der Waals surface area contributed by atoms with Gasteiger partial charge in [0.15, 0.2) is 5.60 Å². The molecule has 220 valence electrons. The number of para-hydroxylation sites is 2. The van der Waals surface area contributed by atoms with Crippen LogP contribution in [0.2, 0.25) is 18.6 Å². The second-order valence-electron chi connectivity index (χ2n) is 12.4. The predicted molar refractivity (Wildman–Crippen MR) is 166 cm³/mol. The largest absolute Gasteiger partial charge is 0.497 e. The number of rotatable bonds is 7. The maximum absolute atomic E-state index is 14.7. The number of hydrogen-bond donors (Lipinski definition) is 1. The van der Waals surface area contributed by atoms with E-state index in [9.17, 15) is 14.7 Å². The summed E-state index contributed by atoms with van der Waals surface area (Å²) in [4.78, 5) is 32.2. The third-order valence-electron chi connectivity index (χ3n) is 9.95. The fourth-order valence-corrected chi connectivity index (χ4v) is 11.9. The molecule has 7 nitrogen and oxygen atoms in total. The van der Waals surface area contributed by atoms with E-state index in [-0.39, 0.29) is 42.3 Å². The number of amides is 2. The normalized spacial score (nSPS) is 27.1. The highest BCUT2D eigenvalue weighted by molar-refractivity contribution is 6.91. The van der Waals surface area contributed by atoms with Gasteiger partial charge in [-0.3, -0.25) is 14.5 Å². The van der Waals surface area contributed by atoms with Crippen LogP contribution >= 0.6 is 0 Å². The average molecular weight is 585 g/mol. The number of benzene rings is 3. The summed E-state index contributed by atoms with van der Waals surface area (Å²) in [6.07, 6.45) is 1.42. The van der Waals surface area contributed by atoms with E-state index in [1.165, 1.54) is 5.19 Å². The standard InChI is InChI=1S/C34H40N2O5Si/c1-23-32(42(3,4)27-18-16-26(40-2)17-19-27)30(21-31(38)35-20-10-13-25(35)22-37)41-34(23)28-14-8-9-15-29(28)36(33(34)39)24-11-6-5-7-12-24/h5-9,11-12,14-19,23,25,30,32,37H,10,13,20-22H2,1-4H3/t23-,25-,30+,32-,34+/m0/s1. The Morgan fingerprint density at radius 3 is 2.43 bits per heavy atom. The van der Waals surface area contributed by atoms with E-state index >= 15 is 0 Å². The molecule has 1 N–H and O–H groups in total. The van der Waals surface area contributed by atoms with Gasteiger partial charge < -0.3 is 19.5 Å². The molecular formula is C34H40N2O5Si. The third kappa shape index (κ3) is 4.39. The van der Waals surface area contributed by atoms with Crippen LogP contribution in [0, 0.1) is 5.92 Å². The smallest absolute Gasteiger partial charge is 0.268 e. The fourth-order valence-electron chi connectivity index (χ4n) is 7.87. The monoisotopic (exact) mass is 584 g/mol. The lowest BCUT2D eigenvalue weighted by molar-refractivity contribution is -0.149. The maximum Gasteiger partial charge on any atom is 0.268 e. The minimum absolute atomic E-state index is 0.0102. The molecule has 1 spiro atoms. The first kappa shape index (κ1) is 28.6. The first-order valence-electron chi connectivity index (χ1n) is 15.0. The van der Waals surface area contributed by atoms with Crippen molar-refractivity contribution in [3.63, 3.8) is 0 Å². The summed E-state index contributed by atoms with van der Waals surface area (Å²) in [5.74, 6) is 0.499. The highest BCUT2D eigenvalue weighted by atomic mass is 28.3. The number of aliphatic hydroxyl groups excluding tert-OH is 1. The quantitative estimate of drug-likeness (QED) is 0.397. The van der Waals surface area contributed by atoms with Crippen LogP contribution in [0.15, 0.2) is 78.9 Å². The topological polar surface area (TPSA) is 79.3 Å². The Labute approximate surface area is 249 Å². The first-order valence-corrected chi connectivity index (χ1v) is 18.0. The second-order valence-corrected chi connectivity index (χ2v) is 17.1. The van der Waals surface area contributed by atoms with E-state index in [4.69, 9.17) is 9.47 Å². The van der Waals surface area contributed by atoms with Crippen molar-refractivity contribution in [1.29, 1.82) is 0 Å². The number of nitrogens with zero attached hydrogens (tertiary/aromatic N) is 2. The van der Waals surface area contributed by atoms with Gasteiger partial charge in [0.2, 0.25) is 5.91 Å². The molecule has 0 aromatic heterocycles. The van der Waals surface area contributed by atoms with Gasteiger partial charge in [-0.1, -0.05) is 73.7 Å². The van der Waals surface area contributed by atoms with Gasteiger partial charge in [0.05, 0.1) is 46.0 Å². The summed E-state index contributed by atoms with van der Waals surface area (Å²) in [7, 11) is -0.695. The zero-order valence-corrected chi connectivity index (χ0v) is 25.8. The Morgan fingerprint density at radius 2 is 1.74 bits per heavy atom. The Balaban J connectivity index is 1.45. The SMILES string of the molecule is COc1ccc([Si](C)(C)[C@@H]2[C@@H](CC(=O)N3CCC[C@H]3CO)O[C@]3(C(=O)N(c4ccccc4)c4ccccc43)[C@H]2C)cc1. The molecule has 2 amide bonds. The summed E-state index contributed by atoms with van der Waals surface area (Å²) in [6, 6.07) is 25.7. The predicted octanol–water partition coefficient (Wildman–Crippen LogP) is 4.96. The summed E-state index contributed by atoms with van der Waals surface area (Å²) < 4.78 is 12.5. The number of aliphatic hydroxyl groups is 1. The third-order valence-corrected chi connectivity index (χ3v) is 14.3. The van der Waals surface area contributed by atoms with Crippen LogP contribution < -0.4 is 14.8 Å². The van der Waals surface area contributed by atoms with Gasteiger partial charge >= 0.3 is 0 Å². The Hall–Kier alpha value is -3.46. The van der Waals surface area contributed by atoms with Crippen molar-refractivity contribution in [3.05, 3.63) is 84.4 Å². The number of methoxy groups -OCH3 is 1. The number of fused-ring (bicyclic) bond motifs is 2. The molecule has 3 aliphatic rings. The maximum atomic E-state index is 14.7. The first-order chi connectivity index (χ1) is 20.2. The summed E-state index contributed by atoms with van der Waals surface area (Å²) in [6.45, 7) is 7.39. The van der Waals surface area contributed by atoms with Crippen LogP contribution in [0.3, 0.4) is 0 Å². The lowest BCUT2D eigenvalue weighted by Gasteiger charge is -2.37. The molecule has 0 saturated carbocycles. The molecule has 0 radical (unpaired) electrons. The van der Waals surface area contributed by atoms with E-state index in [1.807, 2.05) is 71.6 Å². The summed E-state index contributed by atoms with van der Waals surface area (Å²) in [5.41, 5.74) is 1.25. The molecular weight excluding hydrogens is 544 g/mol. The van der Waals surface area contributed by atoms with Gasteiger partial charge in [0.25, 0.3) is 5.91 Å². The van der Waals surface area contributed by atoms with Crippen molar-refractivity contribution < 1.29 is 24.2 Å². The number of ether oxygens (including phenoxy) is 2. The average Bonchev–Trinajstić information content (AvgIpc) is 3.67. The van der Waals surface area contributed by atoms with Crippen molar-refractivity contribution in [2.45, 2.75) is 62.6 Å². The molecule has 3 aromatic carbocycles. The molecule has 6 rings (SSSR count). The molecule has 2 saturated heterocycles. The number of carbonyl (C=O) groups excluding carboxylic acids is 2. The summed E-state index contributed by atoms with van der Waals surface area (Å²) >= 11 is 0. The van der Waals surface area contributed by atoms with Crippen molar-refractivity contribution in [1.82, 2.24) is 4.90 Å². The van der Waals surface area contributed by atoms with Crippen molar-refractivity contribution in [3.8, 4) is 5.75 Å². The zero-order chi connectivity index (χ0) is 29.6. The van der Waals surface area contributed by atoms with Crippen LogP contribution in [0.4, 0.5) is 11.4 Å². The highest BCUT2D eigenvalue weighted by Gasteiger charge is 2.66. The van der Waals surface area contributed by atoms with E-state index < -0.39 is 19.8 Å².